The van der Waals surface area contributed by atoms with Gasteiger partial charge in [0.1, 0.15) is 11.6 Å². The Hall–Kier alpha value is -2.40. The summed E-state index contributed by atoms with van der Waals surface area (Å²) in [6, 6.07) is 13.7. The third-order valence-corrected chi connectivity index (χ3v) is 2.75. The Bertz CT molecular complexity index is 748. The zero-order chi connectivity index (χ0) is 13.2. The van der Waals surface area contributed by atoms with E-state index in [1.54, 1.807) is 18.2 Å². The van der Waals surface area contributed by atoms with E-state index in [1.807, 2.05) is 24.3 Å². The van der Waals surface area contributed by atoms with Crippen LogP contribution in [0.2, 0.25) is 0 Å². The summed E-state index contributed by atoms with van der Waals surface area (Å²) in [5.41, 5.74) is 6.90. The number of para-hydroxylation sites is 2. The van der Waals surface area contributed by atoms with Crippen molar-refractivity contribution in [3.8, 4) is 0 Å². The third kappa shape index (κ3) is 2.62. The minimum Gasteiger partial charge on any atom is -0.383 e. The van der Waals surface area contributed by atoms with Gasteiger partial charge in [0, 0.05) is 5.39 Å². The maximum absolute atomic E-state index is 13.5. The van der Waals surface area contributed by atoms with E-state index >= 15 is 0 Å². The van der Waals surface area contributed by atoms with E-state index in [-0.39, 0.29) is 24.2 Å². The van der Waals surface area contributed by atoms with Gasteiger partial charge >= 0.3 is 0 Å². The van der Waals surface area contributed by atoms with Gasteiger partial charge in [-0.15, -0.1) is 12.4 Å². The summed E-state index contributed by atoms with van der Waals surface area (Å²) in [6.45, 7) is 0. The van der Waals surface area contributed by atoms with Gasteiger partial charge in [-0.2, -0.15) is 4.98 Å². The number of nitrogens with one attached hydrogen (secondary N) is 1. The molecule has 0 saturated carbocycles. The van der Waals surface area contributed by atoms with Crippen LogP contribution < -0.4 is 11.1 Å². The number of aromatic nitrogens is 2. The molecule has 3 N–H and O–H groups in total. The number of rotatable bonds is 2. The van der Waals surface area contributed by atoms with Gasteiger partial charge in [0.2, 0.25) is 5.95 Å². The summed E-state index contributed by atoms with van der Waals surface area (Å²) in [6.07, 6.45) is 0. The highest BCUT2D eigenvalue weighted by Gasteiger charge is 2.06. The van der Waals surface area contributed by atoms with E-state index in [0.29, 0.717) is 17.0 Å². The molecule has 0 unspecified atom stereocenters. The summed E-state index contributed by atoms with van der Waals surface area (Å²) in [4.78, 5) is 8.43. The molecule has 1 aromatic heterocycles. The molecule has 0 radical (unpaired) electrons. The normalized spacial score (nSPS) is 10.1. The van der Waals surface area contributed by atoms with Gasteiger partial charge in [-0.25, -0.2) is 9.37 Å². The Kier molecular flexibility index (Phi) is 4.00. The molecule has 20 heavy (non-hydrogen) atoms. The molecule has 0 aliphatic heterocycles. The van der Waals surface area contributed by atoms with E-state index in [2.05, 4.69) is 15.3 Å². The van der Waals surface area contributed by atoms with Crippen molar-refractivity contribution in [3.05, 3.63) is 54.3 Å². The Morgan fingerprint density at radius 3 is 2.45 bits per heavy atom. The van der Waals surface area contributed by atoms with Gasteiger partial charge in [-0.05, 0) is 24.3 Å². The van der Waals surface area contributed by atoms with Crippen molar-refractivity contribution < 1.29 is 4.39 Å². The second-order valence-corrected chi connectivity index (χ2v) is 4.05. The fourth-order valence-electron chi connectivity index (χ4n) is 1.84. The Balaban J connectivity index is 0.00000147. The first kappa shape index (κ1) is 14.0. The monoisotopic (exact) mass is 290 g/mol. The first-order valence-corrected chi connectivity index (χ1v) is 5.78. The predicted octanol–water partition coefficient (Wildman–Crippen LogP) is 3.52. The van der Waals surface area contributed by atoms with E-state index in [0.717, 1.165) is 5.39 Å². The lowest BCUT2D eigenvalue weighted by Gasteiger charge is -2.08. The van der Waals surface area contributed by atoms with Crippen LogP contribution in [-0.4, -0.2) is 9.97 Å². The number of anilines is 3. The summed E-state index contributed by atoms with van der Waals surface area (Å²) in [7, 11) is 0. The number of nitrogen functional groups attached to an aromatic ring is 1. The van der Waals surface area contributed by atoms with Crippen LogP contribution in [-0.2, 0) is 0 Å². The number of halogens is 2. The molecule has 0 amide bonds. The highest BCUT2D eigenvalue weighted by Crippen LogP contribution is 2.22. The average molecular weight is 291 g/mol. The topological polar surface area (TPSA) is 63.8 Å². The first-order chi connectivity index (χ1) is 9.24. The summed E-state index contributed by atoms with van der Waals surface area (Å²) >= 11 is 0. The Morgan fingerprint density at radius 1 is 0.950 bits per heavy atom. The molecular weight excluding hydrogens is 279 g/mol. The summed E-state index contributed by atoms with van der Waals surface area (Å²) < 4.78 is 13.5. The molecule has 102 valence electrons. The largest absolute Gasteiger partial charge is 0.383 e. The zero-order valence-electron chi connectivity index (χ0n) is 10.4. The van der Waals surface area contributed by atoms with Gasteiger partial charge in [-0.1, -0.05) is 24.3 Å². The van der Waals surface area contributed by atoms with Crippen molar-refractivity contribution in [2.75, 3.05) is 11.1 Å². The first-order valence-electron chi connectivity index (χ1n) is 5.78. The van der Waals surface area contributed by atoms with Crippen molar-refractivity contribution >= 4 is 40.8 Å². The Labute approximate surface area is 121 Å². The molecule has 1 heterocycles. The van der Waals surface area contributed by atoms with E-state index < -0.39 is 0 Å². The van der Waals surface area contributed by atoms with Crippen molar-refractivity contribution in [3.63, 3.8) is 0 Å². The van der Waals surface area contributed by atoms with Crippen LogP contribution in [0.1, 0.15) is 0 Å². The third-order valence-electron chi connectivity index (χ3n) is 2.75. The summed E-state index contributed by atoms with van der Waals surface area (Å²) in [5.74, 6) is 0.281. The van der Waals surface area contributed by atoms with Gasteiger partial charge < -0.3 is 11.1 Å². The molecule has 0 spiro atoms. The SMILES string of the molecule is Cl.Nc1nc(Nc2ccccc2F)nc2ccccc12. The number of hydrogen-bond donors (Lipinski definition) is 2. The minimum atomic E-state index is -0.363. The molecule has 3 rings (SSSR count). The molecule has 0 bridgehead atoms. The molecule has 0 saturated heterocycles. The molecule has 0 fully saturated rings. The van der Waals surface area contributed by atoms with Crippen LogP contribution in [0.4, 0.5) is 21.8 Å². The number of nitrogens with zero attached hydrogens (tertiary/aromatic N) is 2. The quantitative estimate of drug-likeness (QED) is 0.758. The maximum atomic E-state index is 13.5. The van der Waals surface area contributed by atoms with Crippen LogP contribution in [0.3, 0.4) is 0 Å². The number of fused-ring (bicyclic) bond motifs is 1. The van der Waals surface area contributed by atoms with E-state index in [1.165, 1.54) is 6.07 Å². The molecule has 6 heteroatoms. The number of nitrogens with two attached hydrogens (primary N) is 1. The zero-order valence-corrected chi connectivity index (χ0v) is 11.2. The average Bonchev–Trinajstić information content (AvgIpc) is 2.42. The fraction of sp³-hybridized carbons (Fsp3) is 0. The Morgan fingerprint density at radius 2 is 1.65 bits per heavy atom. The molecule has 2 aromatic carbocycles. The molecule has 0 atom stereocenters. The summed E-state index contributed by atoms with van der Waals surface area (Å²) in [5, 5.41) is 3.61. The van der Waals surface area contributed by atoms with Crippen molar-refractivity contribution in [1.82, 2.24) is 9.97 Å². The minimum absolute atomic E-state index is 0. The van der Waals surface area contributed by atoms with Crippen LogP contribution in [0.15, 0.2) is 48.5 Å². The van der Waals surface area contributed by atoms with Crippen molar-refractivity contribution in [2.45, 2.75) is 0 Å². The fourth-order valence-corrected chi connectivity index (χ4v) is 1.84. The van der Waals surface area contributed by atoms with E-state index in [9.17, 15) is 4.39 Å². The molecular formula is C14H12ClFN4. The van der Waals surface area contributed by atoms with Crippen molar-refractivity contribution in [1.29, 1.82) is 0 Å². The van der Waals surface area contributed by atoms with Gasteiger partial charge in [-0.3, -0.25) is 0 Å². The second-order valence-electron chi connectivity index (χ2n) is 4.05. The lowest BCUT2D eigenvalue weighted by Crippen LogP contribution is -2.02. The van der Waals surface area contributed by atoms with Crippen molar-refractivity contribution in [2.24, 2.45) is 0 Å². The molecule has 0 aliphatic rings. The lowest BCUT2D eigenvalue weighted by atomic mass is 10.2. The van der Waals surface area contributed by atoms with Crippen LogP contribution in [0.25, 0.3) is 10.9 Å². The maximum Gasteiger partial charge on any atom is 0.229 e. The second kappa shape index (κ2) is 5.71. The number of benzene rings is 2. The molecule has 4 nitrogen and oxygen atoms in total. The van der Waals surface area contributed by atoms with Gasteiger partial charge in [0.15, 0.2) is 0 Å². The highest BCUT2D eigenvalue weighted by molar-refractivity contribution is 5.89. The smallest absolute Gasteiger partial charge is 0.229 e. The van der Waals surface area contributed by atoms with Gasteiger partial charge in [0.05, 0.1) is 11.2 Å². The van der Waals surface area contributed by atoms with E-state index in [4.69, 9.17) is 5.73 Å². The highest BCUT2D eigenvalue weighted by atomic mass is 35.5. The lowest BCUT2D eigenvalue weighted by molar-refractivity contribution is 0.631. The van der Waals surface area contributed by atoms with Gasteiger partial charge in [0.25, 0.3) is 0 Å². The van der Waals surface area contributed by atoms with Crippen LogP contribution in [0.5, 0.6) is 0 Å². The molecule has 3 aromatic rings. The number of hydrogen-bond acceptors (Lipinski definition) is 4. The molecule has 0 aliphatic carbocycles. The van der Waals surface area contributed by atoms with Crippen LogP contribution in [0, 0.1) is 5.82 Å². The standard InChI is InChI=1S/C14H11FN4.ClH/c15-10-6-2-4-8-12(10)18-14-17-11-7-3-1-5-9(11)13(16)19-14;/h1-8H,(H3,16,17,18,19);1H. The van der Waals surface area contributed by atoms with Crippen LogP contribution >= 0.6 is 12.4 Å². The predicted molar refractivity (Wildman–Crippen MR) is 80.9 cm³/mol.